The molecule has 0 spiro atoms. The summed E-state index contributed by atoms with van der Waals surface area (Å²) in [5, 5.41) is 10.9. The summed E-state index contributed by atoms with van der Waals surface area (Å²) < 4.78 is 1.77. The van der Waals surface area contributed by atoms with Crippen molar-refractivity contribution < 1.29 is 4.79 Å². The molecule has 7 heteroatoms. The Balaban J connectivity index is 1.20. The predicted octanol–water partition coefficient (Wildman–Crippen LogP) is 3.85. The van der Waals surface area contributed by atoms with Gasteiger partial charge in [0.25, 0.3) is 0 Å². The second kappa shape index (κ2) is 9.01. The van der Waals surface area contributed by atoms with Crippen molar-refractivity contribution in [2.75, 3.05) is 24.5 Å². The molecule has 29 heavy (non-hydrogen) atoms. The number of urea groups is 1. The highest BCUT2D eigenvalue weighted by atomic mass is 35.5. The zero-order valence-corrected chi connectivity index (χ0v) is 16.8. The molecule has 6 nitrogen and oxygen atoms in total. The Morgan fingerprint density at radius 3 is 2.66 bits per heavy atom. The van der Waals surface area contributed by atoms with E-state index in [0.717, 1.165) is 30.8 Å². The third-order valence-corrected chi connectivity index (χ3v) is 5.39. The molecule has 0 aliphatic carbocycles. The van der Waals surface area contributed by atoms with Gasteiger partial charge < -0.3 is 15.5 Å². The average molecular weight is 410 g/mol. The highest BCUT2D eigenvalue weighted by Gasteiger charge is 2.22. The number of carbonyl (C=O) groups excluding carboxylic acids is 1. The number of nitrogens with one attached hydrogen (secondary N) is 2. The van der Waals surface area contributed by atoms with E-state index in [2.05, 4.69) is 44.9 Å². The monoisotopic (exact) mass is 409 g/mol. The van der Waals surface area contributed by atoms with E-state index in [1.165, 1.54) is 5.69 Å². The maximum Gasteiger partial charge on any atom is 0.315 e. The summed E-state index contributed by atoms with van der Waals surface area (Å²) in [4.78, 5) is 14.5. The van der Waals surface area contributed by atoms with Crippen LogP contribution in [0.3, 0.4) is 0 Å². The molecule has 4 rings (SSSR count). The molecule has 0 bridgehead atoms. The first-order valence-electron chi connectivity index (χ1n) is 9.78. The van der Waals surface area contributed by atoms with Crippen LogP contribution in [0.5, 0.6) is 0 Å². The third kappa shape index (κ3) is 5.09. The van der Waals surface area contributed by atoms with E-state index >= 15 is 0 Å². The van der Waals surface area contributed by atoms with Crippen molar-refractivity contribution in [3.63, 3.8) is 0 Å². The topological polar surface area (TPSA) is 62.2 Å². The van der Waals surface area contributed by atoms with Crippen LogP contribution in [-0.2, 0) is 6.54 Å². The predicted molar refractivity (Wildman–Crippen MR) is 116 cm³/mol. The van der Waals surface area contributed by atoms with Crippen LogP contribution >= 0.6 is 11.6 Å². The Bertz CT molecular complexity index is 941. The van der Waals surface area contributed by atoms with Gasteiger partial charge in [-0.1, -0.05) is 29.8 Å². The molecule has 1 aromatic heterocycles. The smallest absolute Gasteiger partial charge is 0.315 e. The summed E-state index contributed by atoms with van der Waals surface area (Å²) in [5.41, 5.74) is 3.11. The Morgan fingerprint density at radius 2 is 1.86 bits per heavy atom. The van der Waals surface area contributed by atoms with Gasteiger partial charge in [-0.15, -0.1) is 0 Å². The number of rotatable bonds is 6. The third-order valence-electron chi connectivity index (χ3n) is 5.14. The van der Waals surface area contributed by atoms with Crippen LogP contribution in [0.25, 0.3) is 5.69 Å². The Morgan fingerprint density at radius 1 is 1.07 bits per heavy atom. The van der Waals surface area contributed by atoms with Gasteiger partial charge in [-0.2, -0.15) is 5.10 Å². The summed E-state index contributed by atoms with van der Waals surface area (Å²) >= 11 is 5.92. The van der Waals surface area contributed by atoms with Gasteiger partial charge in [-0.25, -0.2) is 9.48 Å². The number of hydrogen-bond acceptors (Lipinski definition) is 3. The number of amides is 2. The lowest BCUT2D eigenvalue weighted by Crippen LogP contribution is -2.38. The SMILES string of the molecule is O=C(NCc1cnn(-c2ccc(Cl)cc2)c1)NCC1CCN(c2ccccc2)C1. The van der Waals surface area contributed by atoms with E-state index in [9.17, 15) is 4.79 Å². The standard InChI is InChI=1S/C22H24ClN5O/c23-19-6-8-21(9-7-19)28-16-18(14-26-28)13-25-22(29)24-12-17-10-11-27(15-17)20-4-2-1-3-5-20/h1-9,14,16-17H,10-13,15H2,(H2,24,25,29). The van der Waals surface area contributed by atoms with E-state index in [4.69, 9.17) is 11.6 Å². The number of halogens is 1. The molecule has 1 aliphatic heterocycles. The van der Waals surface area contributed by atoms with Crippen molar-refractivity contribution in [2.45, 2.75) is 13.0 Å². The van der Waals surface area contributed by atoms with Crippen molar-refractivity contribution in [2.24, 2.45) is 5.92 Å². The van der Waals surface area contributed by atoms with E-state index < -0.39 is 0 Å². The van der Waals surface area contributed by atoms with Gasteiger partial charge in [0.05, 0.1) is 11.9 Å². The molecule has 150 valence electrons. The average Bonchev–Trinajstić information content (AvgIpc) is 3.42. The second-order valence-corrected chi connectivity index (χ2v) is 7.71. The molecule has 2 amide bonds. The Kier molecular flexibility index (Phi) is 6.00. The van der Waals surface area contributed by atoms with Crippen molar-refractivity contribution in [3.05, 3.63) is 77.6 Å². The maximum atomic E-state index is 12.2. The molecule has 1 fully saturated rings. The van der Waals surface area contributed by atoms with E-state index in [-0.39, 0.29) is 6.03 Å². The molecule has 1 unspecified atom stereocenters. The molecule has 3 aromatic rings. The fourth-order valence-electron chi connectivity index (χ4n) is 3.54. The van der Waals surface area contributed by atoms with Crippen LogP contribution in [0, 0.1) is 5.92 Å². The summed E-state index contributed by atoms with van der Waals surface area (Å²) in [5.74, 6) is 0.466. The highest BCUT2D eigenvalue weighted by Crippen LogP contribution is 2.22. The van der Waals surface area contributed by atoms with E-state index in [1.54, 1.807) is 10.9 Å². The van der Waals surface area contributed by atoms with Gasteiger partial charge in [0, 0.05) is 48.6 Å². The minimum absolute atomic E-state index is 0.151. The van der Waals surface area contributed by atoms with Crippen LogP contribution < -0.4 is 15.5 Å². The number of anilines is 1. The van der Waals surface area contributed by atoms with Crippen LogP contribution in [-0.4, -0.2) is 35.4 Å². The summed E-state index contributed by atoms with van der Waals surface area (Å²) in [6, 6.07) is 17.7. The minimum atomic E-state index is -0.151. The zero-order chi connectivity index (χ0) is 20.1. The Labute approximate surface area is 175 Å². The minimum Gasteiger partial charge on any atom is -0.371 e. The zero-order valence-electron chi connectivity index (χ0n) is 16.1. The van der Waals surface area contributed by atoms with Crippen LogP contribution in [0.2, 0.25) is 5.02 Å². The first-order valence-corrected chi connectivity index (χ1v) is 10.2. The lowest BCUT2D eigenvalue weighted by atomic mass is 10.1. The number of aromatic nitrogens is 2. The summed E-state index contributed by atoms with van der Waals surface area (Å²) in [6.07, 6.45) is 4.74. The number of nitrogens with zero attached hydrogens (tertiary/aromatic N) is 3. The summed E-state index contributed by atoms with van der Waals surface area (Å²) in [6.45, 7) is 3.11. The normalized spacial score (nSPS) is 16.0. The van der Waals surface area contributed by atoms with Crippen LogP contribution in [0.4, 0.5) is 10.5 Å². The molecule has 2 aromatic carbocycles. The fraction of sp³-hybridized carbons (Fsp3) is 0.273. The number of benzene rings is 2. The molecule has 1 atom stereocenters. The van der Waals surface area contributed by atoms with Gasteiger partial charge in [0.15, 0.2) is 0 Å². The van der Waals surface area contributed by atoms with Crippen molar-refractivity contribution in [1.82, 2.24) is 20.4 Å². The molecule has 0 saturated carbocycles. The lowest BCUT2D eigenvalue weighted by Gasteiger charge is -2.18. The van der Waals surface area contributed by atoms with Gasteiger partial charge in [0.2, 0.25) is 0 Å². The molecule has 2 heterocycles. The second-order valence-electron chi connectivity index (χ2n) is 7.27. The van der Waals surface area contributed by atoms with Gasteiger partial charge >= 0.3 is 6.03 Å². The van der Waals surface area contributed by atoms with E-state index in [0.29, 0.717) is 24.0 Å². The molecule has 1 aliphatic rings. The largest absolute Gasteiger partial charge is 0.371 e. The number of hydrogen-bond donors (Lipinski definition) is 2. The van der Waals surface area contributed by atoms with Gasteiger partial charge in [-0.05, 0) is 48.7 Å². The summed E-state index contributed by atoms with van der Waals surface area (Å²) in [7, 11) is 0. The first-order chi connectivity index (χ1) is 14.2. The van der Waals surface area contributed by atoms with Crippen molar-refractivity contribution in [3.8, 4) is 5.69 Å². The Hall–Kier alpha value is -2.99. The molecule has 0 radical (unpaired) electrons. The molecule has 1 saturated heterocycles. The van der Waals surface area contributed by atoms with Crippen molar-refractivity contribution >= 4 is 23.3 Å². The van der Waals surface area contributed by atoms with Crippen LogP contribution in [0.15, 0.2) is 67.0 Å². The molecular formula is C22H24ClN5O. The molecule has 2 N–H and O–H groups in total. The van der Waals surface area contributed by atoms with Gasteiger partial charge in [-0.3, -0.25) is 0 Å². The van der Waals surface area contributed by atoms with Gasteiger partial charge in [0.1, 0.15) is 0 Å². The lowest BCUT2D eigenvalue weighted by molar-refractivity contribution is 0.239. The first kappa shape index (κ1) is 19.3. The number of para-hydroxylation sites is 1. The fourth-order valence-corrected chi connectivity index (χ4v) is 3.67. The maximum absolute atomic E-state index is 12.2. The van der Waals surface area contributed by atoms with Crippen LogP contribution in [0.1, 0.15) is 12.0 Å². The molecular weight excluding hydrogens is 386 g/mol. The van der Waals surface area contributed by atoms with Crippen molar-refractivity contribution in [1.29, 1.82) is 0 Å². The number of carbonyl (C=O) groups is 1. The highest BCUT2D eigenvalue weighted by molar-refractivity contribution is 6.30. The van der Waals surface area contributed by atoms with E-state index in [1.807, 2.05) is 36.5 Å². The quantitative estimate of drug-likeness (QED) is 0.650.